The minimum atomic E-state index is -4.81. The molecule has 0 bridgehead atoms. The molecule has 0 fully saturated rings. The molecule has 2 aromatic heterocycles. The average Bonchev–Trinajstić information content (AvgIpc) is 3.11. The molecule has 160 valence electrons. The molecule has 0 spiro atoms. The minimum Gasteiger partial charge on any atom is -0.496 e. The van der Waals surface area contributed by atoms with Crippen LogP contribution in [0.5, 0.6) is 11.5 Å². The minimum absolute atomic E-state index is 0.143. The van der Waals surface area contributed by atoms with E-state index >= 15 is 0 Å². The fourth-order valence-corrected chi connectivity index (χ4v) is 3.24. The standard InChI is InChI=1S/C21H22F3N3O3/c1-5-13-10-14(6-2)27(26-13)17-9-12(3)19(25-20(17)28)16-8-7-15(11-18(16)29-4)30-21(22,23)24/h7-11H,5-6H2,1-4H3,(H,25,28). The van der Waals surface area contributed by atoms with Gasteiger partial charge in [0.25, 0.3) is 5.56 Å². The molecule has 30 heavy (non-hydrogen) atoms. The highest BCUT2D eigenvalue weighted by molar-refractivity contribution is 5.71. The zero-order chi connectivity index (χ0) is 22.1. The van der Waals surface area contributed by atoms with Crippen LogP contribution in [0.25, 0.3) is 16.9 Å². The normalized spacial score (nSPS) is 11.6. The largest absolute Gasteiger partial charge is 0.573 e. The van der Waals surface area contributed by atoms with Crippen LogP contribution in [0.4, 0.5) is 13.2 Å². The Bertz CT molecular complexity index is 1120. The van der Waals surface area contributed by atoms with Crippen molar-refractivity contribution in [2.75, 3.05) is 7.11 Å². The number of halogens is 3. The van der Waals surface area contributed by atoms with Gasteiger partial charge in [0.15, 0.2) is 0 Å². The van der Waals surface area contributed by atoms with Crippen molar-refractivity contribution in [1.82, 2.24) is 14.8 Å². The summed E-state index contributed by atoms with van der Waals surface area (Å²) in [5.74, 6) is -0.263. The summed E-state index contributed by atoms with van der Waals surface area (Å²) in [7, 11) is 1.33. The molecule has 0 aliphatic heterocycles. The summed E-state index contributed by atoms with van der Waals surface area (Å²) in [4.78, 5) is 15.7. The van der Waals surface area contributed by atoms with E-state index in [1.807, 2.05) is 19.9 Å². The van der Waals surface area contributed by atoms with Crippen LogP contribution in [0, 0.1) is 6.92 Å². The maximum atomic E-state index is 12.9. The van der Waals surface area contributed by atoms with E-state index in [9.17, 15) is 18.0 Å². The van der Waals surface area contributed by atoms with E-state index in [-0.39, 0.29) is 11.3 Å². The van der Waals surface area contributed by atoms with Gasteiger partial charge in [0.05, 0.1) is 18.5 Å². The number of ether oxygens (including phenoxy) is 2. The van der Waals surface area contributed by atoms with Gasteiger partial charge in [-0.1, -0.05) is 13.8 Å². The predicted octanol–water partition coefficient (Wildman–Crippen LogP) is 4.57. The van der Waals surface area contributed by atoms with Gasteiger partial charge in [-0.3, -0.25) is 4.79 Å². The SMILES string of the molecule is CCc1cc(CC)n(-c2cc(C)c(-c3ccc(OC(F)(F)F)cc3OC)[nH]c2=O)n1. The van der Waals surface area contributed by atoms with E-state index in [4.69, 9.17) is 4.74 Å². The third kappa shape index (κ3) is 4.34. The lowest BCUT2D eigenvalue weighted by atomic mass is 10.0. The molecule has 6 nitrogen and oxygen atoms in total. The number of H-pyrrole nitrogens is 1. The van der Waals surface area contributed by atoms with E-state index in [2.05, 4.69) is 14.8 Å². The van der Waals surface area contributed by atoms with Crippen LogP contribution in [-0.4, -0.2) is 28.2 Å². The summed E-state index contributed by atoms with van der Waals surface area (Å²) in [5, 5.41) is 4.50. The first kappa shape index (κ1) is 21.5. The van der Waals surface area contributed by atoms with Gasteiger partial charge in [-0.25, -0.2) is 4.68 Å². The lowest BCUT2D eigenvalue weighted by molar-refractivity contribution is -0.274. The zero-order valence-electron chi connectivity index (χ0n) is 17.1. The molecule has 0 saturated heterocycles. The number of hydrogen-bond acceptors (Lipinski definition) is 4. The number of nitrogens with zero attached hydrogens (tertiary/aromatic N) is 2. The van der Waals surface area contributed by atoms with Gasteiger partial charge in [0.1, 0.15) is 17.2 Å². The Balaban J connectivity index is 2.08. The summed E-state index contributed by atoms with van der Waals surface area (Å²) in [6.07, 6.45) is -3.35. The van der Waals surface area contributed by atoms with Crippen molar-refractivity contribution in [2.24, 2.45) is 0 Å². The number of hydrogen-bond donors (Lipinski definition) is 1. The van der Waals surface area contributed by atoms with Crippen molar-refractivity contribution in [3.8, 4) is 28.4 Å². The van der Waals surface area contributed by atoms with Crippen molar-refractivity contribution in [3.05, 3.63) is 57.6 Å². The molecule has 1 aromatic carbocycles. The van der Waals surface area contributed by atoms with E-state index in [0.29, 0.717) is 28.9 Å². The molecule has 0 amide bonds. The second kappa shape index (κ2) is 8.25. The van der Waals surface area contributed by atoms with Gasteiger partial charge >= 0.3 is 6.36 Å². The number of aromatic nitrogens is 3. The van der Waals surface area contributed by atoms with Crippen molar-refractivity contribution in [3.63, 3.8) is 0 Å². The van der Waals surface area contributed by atoms with E-state index in [1.165, 1.54) is 19.2 Å². The lowest BCUT2D eigenvalue weighted by Crippen LogP contribution is -2.19. The number of aromatic amines is 1. The zero-order valence-corrected chi connectivity index (χ0v) is 17.1. The monoisotopic (exact) mass is 421 g/mol. The van der Waals surface area contributed by atoms with Gasteiger partial charge in [-0.05, 0) is 49.6 Å². The number of benzene rings is 1. The molecule has 3 rings (SSSR count). The Morgan fingerprint density at radius 2 is 1.87 bits per heavy atom. The summed E-state index contributed by atoms with van der Waals surface area (Å²) in [6.45, 7) is 5.77. The van der Waals surface area contributed by atoms with Gasteiger partial charge < -0.3 is 14.5 Å². The Labute approximate surface area is 171 Å². The molecule has 2 heterocycles. The predicted molar refractivity (Wildman–Crippen MR) is 106 cm³/mol. The maximum absolute atomic E-state index is 12.9. The van der Waals surface area contributed by atoms with Crippen LogP contribution >= 0.6 is 0 Å². The van der Waals surface area contributed by atoms with Gasteiger partial charge in [0.2, 0.25) is 0 Å². The van der Waals surface area contributed by atoms with Crippen molar-refractivity contribution in [1.29, 1.82) is 0 Å². The lowest BCUT2D eigenvalue weighted by Gasteiger charge is -2.15. The second-order valence-corrected chi connectivity index (χ2v) is 6.70. The molecule has 0 saturated carbocycles. The fraction of sp³-hybridized carbons (Fsp3) is 0.333. The van der Waals surface area contributed by atoms with Crippen molar-refractivity contribution >= 4 is 0 Å². The van der Waals surface area contributed by atoms with Crippen LogP contribution in [0.2, 0.25) is 0 Å². The van der Waals surface area contributed by atoms with Gasteiger partial charge in [-0.2, -0.15) is 5.10 Å². The van der Waals surface area contributed by atoms with Gasteiger partial charge in [-0.15, -0.1) is 13.2 Å². The Hall–Kier alpha value is -3.23. The fourth-order valence-electron chi connectivity index (χ4n) is 3.24. The van der Waals surface area contributed by atoms with Crippen LogP contribution in [0.1, 0.15) is 30.8 Å². The number of nitrogens with one attached hydrogen (secondary N) is 1. The van der Waals surface area contributed by atoms with Crippen LogP contribution in [0.15, 0.2) is 35.1 Å². The Morgan fingerprint density at radius 1 is 1.13 bits per heavy atom. The number of rotatable bonds is 6. The maximum Gasteiger partial charge on any atom is 0.573 e. The summed E-state index contributed by atoms with van der Waals surface area (Å²) >= 11 is 0. The first-order chi connectivity index (χ1) is 14.2. The first-order valence-electron chi connectivity index (χ1n) is 9.43. The molecule has 3 aromatic rings. The molecule has 0 radical (unpaired) electrons. The quantitative estimate of drug-likeness (QED) is 0.633. The van der Waals surface area contributed by atoms with Crippen LogP contribution < -0.4 is 15.0 Å². The number of methoxy groups -OCH3 is 1. The average molecular weight is 421 g/mol. The molecular weight excluding hydrogens is 399 g/mol. The molecule has 9 heteroatoms. The molecule has 0 atom stereocenters. The van der Waals surface area contributed by atoms with Crippen LogP contribution in [-0.2, 0) is 12.8 Å². The topological polar surface area (TPSA) is 69.1 Å². The smallest absolute Gasteiger partial charge is 0.496 e. The molecule has 0 aliphatic carbocycles. The number of pyridine rings is 1. The van der Waals surface area contributed by atoms with Gasteiger partial charge in [0, 0.05) is 17.3 Å². The summed E-state index contributed by atoms with van der Waals surface area (Å²) in [6, 6.07) is 7.39. The molecule has 0 unspecified atom stereocenters. The first-order valence-corrected chi connectivity index (χ1v) is 9.43. The highest BCUT2D eigenvalue weighted by atomic mass is 19.4. The number of aryl methyl sites for hydroxylation is 3. The third-order valence-electron chi connectivity index (χ3n) is 4.68. The Morgan fingerprint density at radius 3 is 2.47 bits per heavy atom. The molecule has 1 N–H and O–H groups in total. The highest BCUT2D eigenvalue weighted by Crippen LogP contribution is 2.35. The Kier molecular flexibility index (Phi) is 5.91. The molecule has 0 aliphatic rings. The van der Waals surface area contributed by atoms with E-state index < -0.39 is 12.1 Å². The van der Waals surface area contributed by atoms with Crippen molar-refractivity contribution < 1.29 is 22.6 Å². The summed E-state index contributed by atoms with van der Waals surface area (Å²) < 4.78 is 48.3. The van der Waals surface area contributed by atoms with E-state index in [1.54, 1.807) is 17.7 Å². The number of alkyl halides is 3. The highest BCUT2D eigenvalue weighted by Gasteiger charge is 2.31. The third-order valence-corrected chi connectivity index (χ3v) is 4.68. The second-order valence-electron chi connectivity index (χ2n) is 6.70. The van der Waals surface area contributed by atoms with Crippen molar-refractivity contribution in [2.45, 2.75) is 40.0 Å². The molecular formula is C21H22F3N3O3. The van der Waals surface area contributed by atoms with E-state index in [0.717, 1.165) is 23.9 Å². The summed E-state index contributed by atoms with van der Waals surface area (Å²) in [5.41, 5.74) is 3.41. The van der Waals surface area contributed by atoms with Crippen LogP contribution in [0.3, 0.4) is 0 Å².